The fourth-order valence-corrected chi connectivity index (χ4v) is 2.39. The lowest BCUT2D eigenvalue weighted by Gasteiger charge is -2.13. The third kappa shape index (κ3) is 3.64. The summed E-state index contributed by atoms with van der Waals surface area (Å²) >= 11 is 2.24. The monoisotopic (exact) mass is 397 g/mol. The van der Waals surface area contributed by atoms with Gasteiger partial charge in [-0.2, -0.15) is 5.10 Å². The van der Waals surface area contributed by atoms with E-state index in [-0.39, 0.29) is 11.3 Å². The molecule has 21 heavy (non-hydrogen) atoms. The largest absolute Gasteiger partial charge is 0.307 e. The van der Waals surface area contributed by atoms with Crippen LogP contribution in [-0.2, 0) is 12.5 Å². The second kappa shape index (κ2) is 5.79. The Hall–Kier alpha value is -1.37. The number of nitrogens with zero attached hydrogens (tertiary/aromatic N) is 2. The first-order valence-electron chi connectivity index (χ1n) is 6.80. The zero-order chi connectivity index (χ0) is 15.8. The van der Waals surface area contributed by atoms with Gasteiger partial charge in [0, 0.05) is 27.7 Å². The molecule has 0 aliphatic heterocycles. The third-order valence-electron chi connectivity index (χ3n) is 3.32. The Kier molecular flexibility index (Phi) is 4.41. The van der Waals surface area contributed by atoms with Crippen LogP contribution >= 0.6 is 22.6 Å². The molecule has 4 nitrogen and oxygen atoms in total. The first-order valence-corrected chi connectivity index (χ1v) is 7.88. The molecule has 0 unspecified atom stereocenters. The number of hydrogen-bond donors (Lipinski definition) is 1. The lowest BCUT2D eigenvalue weighted by molar-refractivity contribution is 0.102. The van der Waals surface area contributed by atoms with E-state index in [1.54, 1.807) is 4.68 Å². The smallest absolute Gasteiger partial charge is 0.256 e. The lowest BCUT2D eigenvalue weighted by atomic mass is 9.92. The zero-order valence-corrected chi connectivity index (χ0v) is 15.1. The van der Waals surface area contributed by atoms with Crippen LogP contribution in [0.3, 0.4) is 0 Å². The number of hydrogen-bond acceptors (Lipinski definition) is 2. The van der Waals surface area contributed by atoms with Crippen molar-refractivity contribution in [3.63, 3.8) is 0 Å². The molecule has 5 heteroatoms. The number of rotatable bonds is 2. The minimum absolute atomic E-state index is 0.0417. The Morgan fingerprint density at radius 3 is 2.48 bits per heavy atom. The van der Waals surface area contributed by atoms with Crippen molar-refractivity contribution in [3.05, 3.63) is 44.7 Å². The number of aryl methyl sites for hydroxylation is 2. The van der Waals surface area contributed by atoms with Crippen molar-refractivity contribution < 1.29 is 4.79 Å². The van der Waals surface area contributed by atoms with Gasteiger partial charge < -0.3 is 5.32 Å². The molecular formula is C16H20IN3O. The third-order valence-corrected chi connectivity index (χ3v) is 4.49. The van der Waals surface area contributed by atoms with Crippen LogP contribution in [0.25, 0.3) is 0 Å². The number of nitrogens with one attached hydrogen (secondary N) is 1. The molecule has 112 valence electrons. The number of amides is 1. The molecule has 1 aromatic carbocycles. The Bertz CT molecular complexity index is 683. The molecule has 1 amide bonds. The molecular weight excluding hydrogens is 377 g/mol. The fourth-order valence-electron chi connectivity index (χ4n) is 1.87. The van der Waals surface area contributed by atoms with E-state index in [0.717, 1.165) is 9.26 Å². The molecule has 0 spiro atoms. The second-order valence-electron chi connectivity index (χ2n) is 6.21. The van der Waals surface area contributed by atoms with Crippen LogP contribution in [0.15, 0.2) is 24.3 Å². The van der Waals surface area contributed by atoms with Crippen LogP contribution in [0.5, 0.6) is 0 Å². The van der Waals surface area contributed by atoms with Gasteiger partial charge in [-0.3, -0.25) is 9.48 Å². The maximum atomic E-state index is 12.3. The number of anilines is 1. The van der Waals surface area contributed by atoms with Crippen LogP contribution < -0.4 is 5.32 Å². The molecule has 0 fully saturated rings. The highest BCUT2D eigenvalue weighted by Crippen LogP contribution is 2.24. The van der Waals surface area contributed by atoms with E-state index < -0.39 is 0 Å². The molecule has 0 saturated heterocycles. The number of aromatic nitrogens is 2. The van der Waals surface area contributed by atoms with E-state index in [1.165, 1.54) is 5.56 Å². The van der Waals surface area contributed by atoms with E-state index in [0.29, 0.717) is 11.4 Å². The van der Waals surface area contributed by atoms with E-state index in [2.05, 4.69) is 53.8 Å². The molecule has 1 aromatic heterocycles. The minimum Gasteiger partial charge on any atom is -0.307 e. The Balaban J connectivity index is 2.23. The molecule has 0 saturated carbocycles. The van der Waals surface area contributed by atoms with Crippen molar-refractivity contribution in [2.75, 3.05) is 5.32 Å². The SMILES string of the molecule is Cc1ccc(C(=O)Nc2cc(C(C)(C)C)nn2C)cc1I. The summed E-state index contributed by atoms with van der Waals surface area (Å²) in [7, 11) is 1.84. The highest BCUT2D eigenvalue weighted by atomic mass is 127. The Labute approximate surface area is 139 Å². The number of carbonyl (C=O) groups is 1. The van der Waals surface area contributed by atoms with Gasteiger partial charge in [0.1, 0.15) is 5.82 Å². The molecule has 0 aliphatic carbocycles. The molecule has 1 heterocycles. The highest BCUT2D eigenvalue weighted by molar-refractivity contribution is 14.1. The number of carbonyl (C=O) groups excluding carboxylic acids is 1. The van der Waals surface area contributed by atoms with Gasteiger partial charge in [-0.1, -0.05) is 26.8 Å². The standard InChI is InChI=1S/C16H20IN3O/c1-10-6-7-11(8-12(10)17)15(21)18-14-9-13(16(2,3)4)19-20(14)5/h6-9H,1-5H3,(H,18,21). The minimum atomic E-state index is -0.114. The topological polar surface area (TPSA) is 46.9 Å². The van der Waals surface area contributed by atoms with Gasteiger partial charge in [0.25, 0.3) is 5.91 Å². The molecule has 0 bridgehead atoms. The molecule has 0 aliphatic rings. The summed E-state index contributed by atoms with van der Waals surface area (Å²) in [5.74, 6) is 0.594. The zero-order valence-electron chi connectivity index (χ0n) is 13.0. The van der Waals surface area contributed by atoms with Gasteiger partial charge in [0.2, 0.25) is 0 Å². The Morgan fingerprint density at radius 2 is 1.95 bits per heavy atom. The average molecular weight is 397 g/mol. The first kappa shape index (κ1) is 16.0. The lowest BCUT2D eigenvalue weighted by Crippen LogP contribution is -2.14. The number of halogens is 1. The van der Waals surface area contributed by atoms with Crippen molar-refractivity contribution in [1.82, 2.24) is 9.78 Å². The Morgan fingerprint density at radius 1 is 1.29 bits per heavy atom. The maximum Gasteiger partial charge on any atom is 0.256 e. The summed E-state index contributed by atoms with van der Waals surface area (Å²) in [4.78, 5) is 12.3. The first-order chi connectivity index (χ1) is 9.68. The van der Waals surface area contributed by atoms with E-state index >= 15 is 0 Å². The van der Waals surface area contributed by atoms with Crippen LogP contribution in [0, 0.1) is 10.5 Å². The van der Waals surface area contributed by atoms with Crippen molar-refractivity contribution in [1.29, 1.82) is 0 Å². The average Bonchev–Trinajstić information content (AvgIpc) is 2.74. The molecule has 0 radical (unpaired) electrons. The van der Waals surface area contributed by atoms with Crippen LogP contribution in [-0.4, -0.2) is 15.7 Å². The van der Waals surface area contributed by atoms with E-state index in [1.807, 2.05) is 38.2 Å². The summed E-state index contributed by atoms with van der Waals surface area (Å²) in [6.45, 7) is 8.33. The molecule has 1 N–H and O–H groups in total. The predicted molar refractivity (Wildman–Crippen MR) is 93.8 cm³/mol. The van der Waals surface area contributed by atoms with Gasteiger partial charge in [0.05, 0.1) is 5.69 Å². The summed E-state index contributed by atoms with van der Waals surface area (Å²) in [5, 5.41) is 7.38. The number of benzene rings is 1. The molecule has 2 rings (SSSR count). The van der Waals surface area contributed by atoms with Gasteiger partial charge in [-0.25, -0.2) is 0 Å². The van der Waals surface area contributed by atoms with Gasteiger partial charge in [-0.05, 0) is 47.2 Å². The van der Waals surface area contributed by atoms with Crippen molar-refractivity contribution in [3.8, 4) is 0 Å². The van der Waals surface area contributed by atoms with E-state index in [4.69, 9.17) is 0 Å². The van der Waals surface area contributed by atoms with Crippen molar-refractivity contribution >= 4 is 34.3 Å². The highest BCUT2D eigenvalue weighted by Gasteiger charge is 2.20. The van der Waals surface area contributed by atoms with Gasteiger partial charge in [0.15, 0.2) is 0 Å². The summed E-state index contributed by atoms with van der Waals surface area (Å²) in [5.41, 5.74) is 2.74. The van der Waals surface area contributed by atoms with Gasteiger partial charge >= 0.3 is 0 Å². The van der Waals surface area contributed by atoms with Crippen LogP contribution in [0.1, 0.15) is 42.4 Å². The van der Waals surface area contributed by atoms with E-state index in [9.17, 15) is 4.79 Å². The normalized spacial score (nSPS) is 11.5. The maximum absolute atomic E-state index is 12.3. The quantitative estimate of drug-likeness (QED) is 0.782. The summed E-state index contributed by atoms with van der Waals surface area (Å²) < 4.78 is 2.79. The molecule has 2 aromatic rings. The predicted octanol–water partition coefficient (Wildman–Crippen LogP) is 3.88. The second-order valence-corrected chi connectivity index (χ2v) is 7.37. The summed E-state index contributed by atoms with van der Waals surface area (Å²) in [6, 6.07) is 7.62. The fraction of sp³-hybridized carbons (Fsp3) is 0.375. The summed E-state index contributed by atoms with van der Waals surface area (Å²) in [6.07, 6.45) is 0. The van der Waals surface area contributed by atoms with Gasteiger partial charge in [-0.15, -0.1) is 0 Å². The van der Waals surface area contributed by atoms with Crippen LogP contribution in [0.4, 0.5) is 5.82 Å². The van der Waals surface area contributed by atoms with Crippen molar-refractivity contribution in [2.24, 2.45) is 7.05 Å². The molecule has 0 atom stereocenters. The van der Waals surface area contributed by atoms with Crippen LogP contribution in [0.2, 0.25) is 0 Å². The van der Waals surface area contributed by atoms with Crippen molar-refractivity contribution in [2.45, 2.75) is 33.1 Å².